The third-order valence-electron chi connectivity index (χ3n) is 2.46. The molecule has 4 heteroatoms. The molecule has 0 saturated heterocycles. The van der Waals surface area contributed by atoms with E-state index in [0.29, 0.717) is 11.3 Å². The zero-order valence-corrected chi connectivity index (χ0v) is 8.78. The van der Waals surface area contributed by atoms with Crippen molar-refractivity contribution in [2.45, 2.75) is 13.3 Å². The van der Waals surface area contributed by atoms with Gasteiger partial charge in [-0.05, 0) is 18.6 Å². The molecule has 1 aliphatic rings. The number of amides is 1. The first-order valence-corrected chi connectivity index (χ1v) is 5.02. The van der Waals surface area contributed by atoms with Gasteiger partial charge in [0.15, 0.2) is 0 Å². The van der Waals surface area contributed by atoms with E-state index in [1.165, 1.54) is 12.1 Å². The molecule has 2 rings (SSSR count). The third kappa shape index (κ3) is 1.58. The number of fused-ring (bicyclic) bond motifs is 1. The second kappa shape index (κ2) is 3.81. The summed E-state index contributed by atoms with van der Waals surface area (Å²) in [6.45, 7) is 1.95. The van der Waals surface area contributed by atoms with E-state index < -0.39 is 5.97 Å². The highest BCUT2D eigenvalue weighted by atomic mass is 16.4. The van der Waals surface area contributed by atoms with Gasteiger partial charge in [0.1, 0.15) is 0 Å². The van der Waals surface area contributed by atoms with Crippen LogP contribution < -0.4 is 5.32 Å². The second-order valence-corrected chi connectivity index (χ2v) is 3.55. The molecule has 0 aliphatic carbocycles. The van der Waals surface area contributed by atoms with Crippen molar-refractivity contribution in [3.05, 3.63) is 35.4 Å². The van der Waals surface area contributed by atoms with Crippen LogP contribution >= 0.6 is 0 Å². The van der Waals surface area contributed by atoms with Crippen molar-refractivity contribution in [1.82, 2.24) is 0 Å². The molecule has 0 aromatic heterocycles. The SMILES string of the molecule is CCC=C1C(=O)Nc2cc(C(=O)O)ccc21. The molecule has 1 aliphatic heterocycles. The third-order valence-corrected chi connectivity index (χ3v) is 2.46. The van der Waals surface area contributed by atoms with Crippen molar-refractivity contribution >= 4 is 23.1 Å². The fourth-order valence-electron chi connectivity index (χ4n) is 1.73. The number of carboxylic acid groups (broad SMARTS) is 1. The number of carbonyl (C=O) groups is 2. The maximum absolute atomic E-state index is 11.6. The maximum atomic E-state index is 11.6. The molecule has 1 heterocycles. The molecule has 82 valence electrons. The number of nitrogens with one attached hydrogen (secondary N) is 1. The largest absolute Gasteiger partial charge is 0.478 e. The molecule has 4 nitrogen and oxygen atoms in total. The minimum absolute atomic E-state index is 0.167. The minimum Gasteiger partial charge on any atom is -0.478 e. The van der Waals surface area contributed by atoms with Gasteiger partial charge >= 0.3 is 5.97 Å². The van der Waals surface area contributed by atoms with Gasteiger partial charge in [0.2, 0.25) is 0 Å². The van der Waals surface area contributed by atoms with E-state index in [1.54, 1.807) is 6.07 Å². The van der Waals surface area contributed by atoms with Crippen LogP contribution in [0.1, 0.15) is 29.3 Å². The van der Waals surface area contributed by atoms with E-state index in [9.17, 15) is 9.59 Å². The van der Waals surface area contributed by atoms with Crippen LogP contribution in [0.2, 0.25) is 0 Å². The highest BCUT2D eigenvalue weighted by Crippen LogP contribution is 2.32. The van der Waals surface area contributed by atoms with Crippen molar-refractivity contribution in [2.24, 2.45) is 0 Å². The zero-order valence-electron chi connectivity index (χ0n) is 8.78. The van der Waals surface area contributed by atoms with E-state index in [1.807, 2.05) is 13.0 Å². The summed E-state index contributed by atoms with van der Waals surface area (Å²) in [5, 5.41) is 11.5. The second-order valence-electron chi connectivity index (χ2n) is 3.55. The van der Waals surface area contributed by atoms with Crippen LogP contribution in [0.4, 0.5) is 5.69 Å². The summed E-state index contributed by atoms with van der Waals surface area (Å²) in [6.07, 6.45) is 2.60. The molecule has 0 saturated carbocycles. The van der Waals surface area contributed by atoms with Gasteiger partial charge in [-0.2, -0.15) is 0 Å². The monoisotopic (exact) mass is 217 g/mol. The molecule has 0 atom stereocenters. The van der Waals surface area contributed by atoms with Crippen LogP contribution in [-0.4, -0.2) is 17.0 Å². The molecule has 0 unspecified atom stereocenters. The molecule has 16 heavy (non-hydrogen) atoms. The van der Waals surface area contributed by atoms with E-state index in [4.69, 9.17) is 5.11 Å². The molecular formula is C12H11NO3. The summed E-state index contributed by atoms with van der Waals surface area (Å²) in [7, 11) is 0. The van der Waals surface area contributed by atoms with Crippen LogP contribution in [0.15, 0.2) is 24.3 Å². The number of benzene rings is 1. The summed E-state index contributed by atoms with van der Waals surface area (Å²) < 4.78 is 0. The lowest BCUT2D eigenvalue weighted by atomic mass is 10.0. The summed E-state index contributed by atoms with van der Waals surface area (Å²) in [6, 6.07) is 4.65. The normalized spacial score (nSPS) is 16.1. The Morgan fingerprint density at radius 1 is 1.50 bits per heavy atom. The summed E-state index contributed by atoms with van der Waals surface area (Å²) in [4.78, 5) is 22.3. The molecule has 1 aromatic rings. The quantitative estimate of drug-likeness (QED) is 0.746. The van der Waals surface area contributed by atoms with Crippen molar-refractivity contribution in [2.75, 3.05) is 5.32 Å². The number of carbonyl (C=O) groups excluding carboxylic acids is 1. The first-order chi connectivity index (χ1) is 7.63. The van der Waals surface area contributed by atoms with Gasteiger partial charge in [-0.1, -0.05) is 19.1 Å². The van der Waals surface area contributed by atoms with Crippen molar-refractivity contribution in [1.29, 1.82) is 0 Å². The van der Waals surface area contributed by atoms with E-state index >= 15 is 0 Å². The van der Waals surface area contributed by atoms with Crippen LogP contribution in [0, 0.1) is 0 Å². The maximum Gasteiger partial charge on any atom is 0.335 e. The zero-order chi connectivity index (χ0) is 11.7. The Kier molecular flexibility index (Phi) is 2.48. The van der Waals surface area contributed by atoms with E-state index in [0.717, 1.165) is 12.0 Å². The van der Waals surface area contributed by atoms with Gasteiger partial charge in [-0.3, -0.25) is 4.79 Å². The topological polar surface area (TPSA) is 66.4 Å². The van der Waals surface area contributed by atoms with Gasteiger partial charge in [0.25, 0.3) is 5.91 Å². The molecule has 0 fully saturated rings. The molecule has 0 bridgehead atoms. The molecular weight excluding hydrogens is 206 g/mol. The van der Waals surface area contributed by atoms with Crippen molar-refractivity contribution in [3.63, 3.8) is 0 Å². The van der Waals surface area contributed by atoms with E-state index in [2.05, 4.69) is 5.32 Å². The smallest absolute Gasteiger partial charge is 0.335 e. The molecule has 0 spiro atoms. The molecule has 1 aromatic carbocycles. The van der Waals surface area contributed by atoms with Crippen LogP contribution in [0.25, 0.3) is 5.57 Å². The standard InChI is InChI=1S/C12H11NO3/c1-2-3-9-8-5-4-7(12(15)16)6-10(8)13-11(9)14/h3-6H,2H2,1H3,(H,13,14)(H,15,16). The van der Waals surface area contributed by atoms with Crippen LogP contribution in [0.5, 0.6) is 0 Å². The number of hydrogen-bond acceptors (Lipinski definition) is 2. The first-order valence-electron chi connectivity index (χ1n) is 5.02. The molecule has 1 amide bonds. The Hall–Kier alpha value is -2.10. The first kappa shape index (κ1) is 10.4. The van der Waals surface area contributed by atoms with Gasteiger partial charge in [-0.25, -0.2) is 4.79 Å². The van der Waals surface area contributed by atoms with E-state index in [-0.39, 0.29) is 11.5 Å². The Morgan fingerprint density at radius 3 is 2.88 bits per heavy atom. The van der Waals surface area contributed by atoms with Gasteiger partial charge in [-0.15, -0.1) is 0 Å². The lowest BCUT2D eigenvalue weighted by Crippen LogP contribution is -2.03. The Balaban J connectivity index is 2.50. The fraction of sp³-hybridized carbons (Fsp3) is 0.167. The number of anilines is 1. The molecule has 2 N–H and O–H groups in total. The lowest BCUT2D eigenvalue weighted by molar-refractivity contribution is -0.110. The van der Waals surface area contributed by atoms with Crippen LogP contribution in [-0.2, 0) is 4.79 Å². The van der Waals surface area contributed by atoms with Crippen LogP contribution in [0.3, 0.4) is 0 Å². The Bertz CT molecular complexity index is 503. The highest BCUT2D eigenvalue weighted by molar-refractivity contribution is 6.31. The Labute approximate surface area is 92.6 Å². The number of aromatic carboxylic acids is 1. The summed E-state index contributed by atoms with van der Waals surface area (Å²) in [5.74, 6) is -1.16. The summed E-state index contributed by atoms with van der Waals surface area (Å²) in [5.41, 5.74) is 2.15. The van der Waals surface area contributed by atoms with Gasteiger partial charge < -0.3 is 10.4 Å². The average Bonchev–Trinajstić information content (AvgIpc) is 2.55. The number of allylic oxidation sites excluding steroid dienone is 1. The fourth-order valence-corrected chi connectivity index (χ4v) is 1.73. The van der Waals surface area contributed by atoms with Crippen molar-refractivity contribution in [3.8, 4) is 0 Å². The summed E-state index contributed by atoms with van der Waals surface area (Å²) >= 11 is 0. The van der Waals surface area contributed by atoms with Gasteiger partial charge in [0.05, 0.1) is 5.56 Å². The number of hydrogen-bond donors (Lipinski definition) is 2. The predicted molar refractivity (Wildman–Crippen MR) is 60.3 cm³/mol. The highest BCUT2D eigenvalue weighted by Gasteiger charge is 2.24. The van der Waals surface area contributed by atoms with Gasteiger partial charge in [0, 0.05) is 16.8 Å². The average molecular weight is 217 g/mol. The Morgan fingerprint density at radius 2 is 2.25 bits per heavy atom. The molecule has 0 radical (unpaired) electrons. The van der Waals surface area contributed by atoms with Crippen molar-refractivity contribution < 1.29 is 14.7 Å². The number of carboxylic acids is 1. The lowest BCUT2D eigenvalue weighted by Gasteiger charge is -1.99. The minimum atomic E-state index is -0.995. The predicted octanol–water partition coefficient (Wildman–Crippen LogP) is 2.13. The number of rotatable bonds is 2.